The molecule has 148 valence electrons. The Morgan fingerprint density at radius 1 is 0.885 bits per heavy atom. The van der Waals surface area contributed by atoms with Crippen molar-refractivity contribution in [2.45, 2.75) is 37.0 Å². The number of thioether (sulfide) groups is 2. The zero-order valence-corrected chi connectivity index (χ0v) is 15.7. The Hall–Kier alpha value is -1.50. The topological polar surface area (TPSA) is 185 Å². The summed E-state index contributed by atoms with van der Waals surface area (Å²) < 4.78 is 0. The highest BCUT2D eigenvalue weighted by Gasteiger charge is 2.32. The monoisotopic (exact) mass is 408 g/mol. The van der Waals surface area contributed by atoms with Crippen LogP contribution < -0.4 is 22.1 Å². The molecule has 1 aliphatic rings. The van der Waals surface area contributed by atoms with Crippen LogP contribution in [0.1, 0.15) is 12.8 Å². The molecular weight excluding hydrogens is 384 g/mol. The van der Waals surface area contributed by atoms with Crippen molar-refractivity contribution in [3.05, 3.63) is 0 Å². The van der Waals surface area contributed by atoms with E-state index in [1.165, 1.54) is 23.5 Å². The highest BCUT2D eigenvalue weighted by molar-refractivity contribution is 7.99. The molecule has 1 saturated heterocycles. The summed E-state index contributed by atoms with van der Waals surface area (Å²) in [6, 6.07) is -3.21. The molecule has 0 aromatic heterocycles. The number of hydrogen-bond acceptors (Lipinski definition) is 8. The van der Waals surface area contributed by atoms with E-state index < -0.39 is 36.1 Å². The van der Waals surface area contributed by atoms with Crippen molar-refractivity contribution in [2.24, 2.45) is 11.5 Å². The van der Waals surface area contributed by atoms with Gasteiger partial charge in [-0.2, -0.15) is 23.5 Å². The maximum atomic E-state index is 12.1. The summed E-state index contributed by atoms with van der Waals surface area (Å²) >= 11 is 2.62. The Bertz CT molecular complexity index is 490. The van der Waals surface area contributed by atoms with Crippen LogP contribution in [0.4, 0.5) is 0 Å². The van der Waals surface area contributed by atoms with Crippen molar-refractivity contribution in [2.75, 3.05) is 23.0 Å². The molecule has 0 saturated carbocycles. The predicted octanol–water partition coefficient (Wildman–Crippen LogP) is -1.96. The summed E-state index contributed by atoms with van der Waals surface area (Å²) in [5.74, 6) is -1.28. The molecular formula is C14H24N4O6S2. The van der Waals surface area contributed by atoms with Crippen molar-refractivity contribution in [3.8, 4) is 0 Å². The Balaban J connectivity index is 2.27. The SMILES string of the molecule is NC(CSCCC1NC(=O)C(CCSCC(N)C(=O)O)NC1=O)C(=O)O. The molecule has 0 aromatic carbocycles. The molecule has 8 N–H and O–H groups in total. The van der Waals surface area contributed by atoms with E-state index in [-0.39, 0.29) is 23.3 Å². The van der Waals surface area contributed by atoms with Crippen LogP contribution in [0.5, 0.6) is 0 Å². The summed E-state index contributed by atoms with van der Waals surface area (Å²) in [5, 5.41) is 22.7. The third kappa shape index (κ3) is 7.81. The second-order valence-electron chi connectivity index (χ2n) is 5.74. The van der Waals surface area contributed by atoms with Gasteiger partial charge in [-0.3, -0.25) is 19.2 Å². The number of aliphatic carboxylic acids is 2. The molecule has 26 heavy (non-hydrogen) atoms. The van der Waals surface area contributed by atoms with Gasteiger partial charge in [0.15, 0.2) is 0 Å². The quantitative estimate of drug-likeness (QED) is 0.198. The molecule has 10 nitrogen and oxygen atoms in total. The third-order valence-corrected chi connectivity index (χ3v) is 5.84. The molecule has 1 aliphatic heterocycles. The first-order valence-corrected chi connectivity index (χ1v) is 10.3. The van der Waals surface area contributed by atoms with Gasteiger partial charge in [0.2, 0.25) is 11.8 Å². The summed E-state index contributed by atoms with van der Waals surface area (Å²) in [5.41, 5.74) is 10.8. The molecule has 1 fully saturated rings. The molecule has 4 unspecified atom stereocenters. The van der Waals surface area contributed by atoms with Crippen LogP contribution >= 0.6 is 23.5 Å². The summed E-state index contributed by atoms with van der Waals surface area (Å²) in [6.45, 7) is 0. The first-order chi connectivity index (χ1) is 12.2. The number of carboxylic acid groups (broad SMARTS) is 2. The molecule has 0 radical (unpaired) electrons. The predicted molar refractivity (Wildman–Crippen MR) is 99.0 cm³/mol. The van der Waals surface area contributed by atoms with Crippen molar-refractivity contribution in [1.82, 2.24) is 10.6 Å². The normalized spacial score (nSPS) is 22.2. The van der Waals surface area contributed by atoms with Gasteiger partial charge in [-0.05, 0) is 24.3 Å². The number of carbonyl (C=O) groups excluding carboxylic acids is 2. The zero-order valence-electron chi connectivity index (χ0n) is 14.1. The number of nitrogens with two attached hydrogens (primary N) is 2. The number of amides is 2. The van der Waals surface area contributed by atoms with Crippen molar-refractivity contribution in [3.63, 3.8) is 0 Å². The van der Waals surface area contributed by atoms with Gasteiger partial charge < -0.3 is 32.3 Å². The molecule has 0 aliphatic carbocycles. The first-order valence-electron chi connectivity index (χ1n) is 7.95. The Morgan fingerprint density at radius 2 is 1.23 bits per heavy atom. The van der Waals surface area contributed by atoms with Gasteiger partial charge in [-0.25, -0.2) is 0 Å². The van der Waals surface area contributed by atoms with Crippen LogP contribution in [-0.2, 0) is 19.2 Å². The van der Waals surface area contributed by atoms with Gasteiger partial charge in [0.1, 0.15) is 24.2 Å². The van der Waals surface area contributed by atoms with Gasteiger partial charge in [-0.15, -0.1) is 0 Å². The van der Waals surface area contributed by atoms with Crippen LogP contribution in [-0.4, -0.2) is 81.1 Å². The third-order valence-electron chi connectivity index (χ3n) is 3.60. The van der Waals surface area contributed by atoms with Gasteiger partial charge in [0.25, 0.3) is 0 Å². The van der Waals surface area contributed by atoms with E-state index >= 15 is 0 Å². The molecule has 1 rings (SSSR count). The maximum Gasteiger partial charge on any atom is 0.321 e. The Morgan fingerprint density at radius 3 is 1.54 bits per heavy atom. The van der Waals surface area contributed by atoms with E-state index in [0.29, 0.717) is 24.3 Å². The van der Waals surface area contributed by atoms with E-state index in [1.54, 1.807) is 0 Å². The lowest BCUT2D eigenvalue weighted by Gasteiger charge is -2.29. The summed E-state index contributed by atoms with van der Waals surface area (Å²) in [4.78, 5) is 45.3. The first kappa shape index (κ1) is 22.5. The highest BCUT2D eigenvalue weighted by Crippen LogP contribution is 2.12. The molecule has 12 heteroatoms. The van der Waals surface area contributed by atoms with Gasteiger partial charge in [0.05, 0.1) is 0 Å². The fourth-order valence-electron chi connectivity index (χ4n) is 2.05. The van der Waals surface area contributed by atoms with E-state index in [0.717, 1.165) is 0 Å². The van der Waals surface area contributed by atoms with Crippen LogP contribution in [0, 0.1) is 0 Å². The maximum absolute atomic E-state index is 12.1. The number of carbonyl (C=O) groups is 4. The number of carboxylic acids is 2. The molecule has 1 heterocycles. The van der Waals surface area contributed by atoms with Crippen LogP contribution in [0.25, 0.3) is 0 Å². The molecule has 4 atom stereocenters. The summed E-state index contributed by atoms with van der Waals surface area (Å²) in [7, 11) is 0. The molecule has 0 aromatic rings. The van der Waals surface area contributed by atoms with E-state index in [4.69, 9.17) is 21.7 Å². The molecule has 0 bridgehead atoms. The number of hydrogen-bond donors (Lipinski definition) is 6. The van der Waals surface area contributed by atoms with Crippen molar-refractivity contribution >= 4 is 47.3 Å². The molecule has 0 spiro atoms. The van der Waals surface area contributed by atoms with Gasteiger partial charge in [0, 0.05) is 11.5 Å². The lowest BCUT2D eigenvalue weighted by Crippen LogP contribution is -2.61. The lowest BCUT2D eigenvalue weighted by molar-refractivity contribution is -0.138. The highest BCUT2D eigenvalue weighted by atomic mass is 32.2. The summed E-state index contributed by atoms with van der Waals surface area (Å²) in [6.07, 6.45) is 0.757. The van der Waals surface area contributed by atoms with Crippen LogP contribution in [0.2, 0.25) is 0 Å². The standard InChI is InChI=1S/C14H24N4O6S2/c15-7(13(21)22)5-25-3-1-9-11(19)18-10(12(20)17-9)2-4-26-6-8(16)14(23)24/h7-10H,1-6,15-16H2,(H,17,20)(H,18,19)(H,21,22)(H,23,24). The van der Waals surface area contributed by atoms with Gasteiger partial charge >= 0.3 is 11.9 Å². The van der Waals surface area contributed by atoms with Crippen LogP contribution in [0.3, 0.4) is 0 Å². The zero-order chi connectivity index (χ0) is 19.7. The fraction of sp³-hybridized carbons (Fsp3) is 0.714. The largest absolute Gasteiger partial charge is 0.480 e. The second-order valence-corrected chi connectivity index (χ2v) is 8.04. The number of rotatable bonds is 12. The minimum Gasteiger partial charge on any atom is -0.480 e. The average molecular weight is 409 g/mol. The van der Waals surface area contributed by atoms with Crippen LogP contribution in [0.15, 0.2) is 0 Å². The fourth-order valence-corrected chi connectivity index (χ4v) is 3.98. The van der Waals surface area contributed by atoms with E-state index in [2.05, 4.69) is 10.6 Å². The van der Waals surface area contributed by atoms with Crippen molar-refractivity contribution in [1.29, 1.82) is 0 Å². The van der Waals surface area contributed by atoms with Crippen molar-refractivity contribution < 1.29 is 29.4 Å². The van der Waals surface area contributed by atoms with E-state index in [9.17, 15) is 19.2 Å². The minimum absolute atomic E-state index is 0.232. The average Bonchev–Trinajstić information content (AvgIpc) is 2.58. The number of nitrogens with one attached hydrogen (secondary N) is 2. The second kappa shape index (κ2) is 11.3. The Labute approximate surface area is 159 Å². The smallest absolute Gasteiger partial charge is 0.321 e. The van der Waals surface area contributed by atoms with Gasteiger partial charge in [-0.1, -0.05) is 0 Å². The lowest BCUT2D eigenvalue weighted by atomic mass is 10.1. The number of piperazine rings is 1. The Kier molecular flexibility index (Phi) is 9.76. The van der Waals surface area contributed by atoms with E-state index in [1.807, 2.05) is 0 Å². The molecule has 2 amide bonds. The minimum atomic E-state index is -1.08.